The first kappa shape index (κ1) is 21.2. The molecule has 0 unspecified atom stereocenters. The zero-order valence-corrected chi connectivity index (χ0v) is 17.6. The highest BCUT2D eigenvalue weighted by Crippen LogP contribution is 2.26. The predicted molar refractivity (Wildman–Crippen MR) is 116 cm³/mol. The highest BCUT2D eigenvalue weighted by atomic mass is 32.2. The number of nitrogens with one attached hydrogen (secondary N) is 1. The number of anilines is 1. The van der Waals surface area contributed by atoms with Gasteiger partial charge in [-0.3, -0.25) is 4.79 Å². The van der Waals surface area contributed by atoms with Crippen LogP contribution >= 0.6 is 0 Å². The normalized spacial score (nSPS) is 15.1. The highest BCUT2D eigenvalue weighted by molar-refractivity contribution is 7.89. The van der Waals surface area contributed by atoms with Crippen molar-refractivity contribution in [3.05, 3.63) is 72.7 Å². The van der Waals surface area contributed by atoms with Gasteiger partial charge in [-0.05, 0) is 24.3 Å². The molecule has 1 aliphatic rings. The molecule has 2 heterocycles. The van der Waals surface area contributed by atoms with Crippen molar-refractivity contribution >= 4 is 32.5 Å². The molecule has 2 aromatic carbocycles. The minimum absolute atomic E-state index is 0.154. The first-order chi connectivity index (χ1) is 14.9. The Hall–Kier alpha value is -3.01. The maximum absolute atomic E-state index is 14.4. The van der Waals surface area contributed by atoms with Gasteiger partial charge in [0.1, 0.15) is 10.7 Å². The van der Waals surface area contributed by atoms with Crippen LogP contribution in [0.4, 0.5) is 10.1 Å². The topological polar surface area (TPSA) is 80.6 Å². The number of amides is 1. The Bertz CT molecular complexity index is 1250. The summed E-state index contributed by atoms with van der Waals surface area (Å²) in [5.41, 5.74) is 1.50. The van der Waals surface area contributed by atoms with Gasteiger partial charge in [0, 0.05) is 42.4 Å². The fourth-order valence-corrected chi connectivity index (χ4v) is 5.12. The molecule has 1 amide bonds. The third-order valence-corrected chi connectivity index (χ3v) is 7.05. The Labute approximate surface area is 179 Å². The van der Waals surface area contributed by atoms with Crippen LogP contribution in [-0.2, 0) is 21.3 Å². The van der Waals surface area contributed by atoms with Crippen LogP contribution in [0.2, 0.25) is 0 Å². The highest BCUT2D eigenvalue weighted by Gasteiger charge is 2.29. The summed E-state index contributed by atoms with van der Waals surface area (Å²) in [5.74, 6) is -1.28. The van der Waals surface area contributed by atoms with Gasteiger partial charge in [0.05, 0.1) is 18.8 Å². The number of allylic oxidation sites excluding steroid dienone is 1. The maximum Gasteiger partial charge on any atom is 0.257 e. The fraction of sp³-hybridized carbons (Fsp3) is 0.227. The summed E-state index contributed by atoms with van der Waals surface area (Å²) in [6.45, 7) is 5.09. The number of ether oxygens (including phenoxy) is 1. The van der Waals surface area contributed by atoms with E-state index in [1.54, 1.807) is 12.3 Å². The summed E-state index contributed by atoms with van der Waals surface area (Å²) in [5, 5.41) is 3.45. The summed E-state index contributed by atoms with van der Waals surface area (Å²) in [4.78, 5) is 12.5. The largest absolute Gasteiger partial charge is 0.379 e. The van der Waals surface area contributed by atoms with Crippen molar-refractivity contribution in [2.45, 2.75) is 11.4 Å². The molecule has 7 nitrogen and oxygen atoms in total. The minimum Gasteiger partial charge on any atom is -0.379 e. The van der Waals surface area contributed by atoms with Crippen LogP contribution in [0, 0.1) is 5.82 Å². The van der Waals surface area contributed by atoms with Gasteiger partial charge in [0.2, 0.25) is 10.0 Å². The number of hydrogen-bond acceptors (Lipinski definition) is 4. The van der Waals surface area contributed by atoms with Crippen molar-refractivity contribution in [2.24, 2.45) is 0 Å². The molecular weight excluding hydrogens is 421 g/mol. The van der Waals surface area contributed by atoms with Crippen molar-refractivity contribution < 1.29 is 22.3 Å². The number of sulfonamides is 1. The lowest BCUT2D eigenvalue weighted by molar-refractivity contribution is 0.0729. The molecule has 1 N–H and O–H groups in total. The molecule has 1 saturated heterocycles. The van der Waals surface area contributed by atoms with E-state index in [2.05, 4.69) is 11.9 Å². The number of carbonyl (C=O) groups excluding carboxylic acids is 1. The Morgan fingerprint density at radius 1 is 1.19 bits per heavy atom. The molecule has 1 aliphatic heterocycles. The molecule has 0 atom stereocenters. The average molecular weight is 444 g/mol. The molecule has 3 aromatic rings. The van der Waals surface area contributed by atoms with E-state index in [-0.39, 0.29) is 32.0 Å². The number of para-hydroxylation sites is 1. The number of fused-ring (bicyclic) bond motifs is 1. The number of hydrogen-bond donors (Lipinski definition) is 1. The molecule has 4 rings (SSSR count). The lowest BCUT2D eigenvalue weighted by atomic mass is 10.1. The first-order valence-corrected chi connectivity index (χ1v) is 11.2. The number of nitrogens with zero attached hydrogens (tertiary/aromatic N) is 2. The molecule has 0 bridgehead atoms. The Kier molecular flexibility index (Phi) is 5.90. The monoisotopic (exact) mass is 443 g/mol. The molecular formula is C22H22FN3O4S. The van der Waals surface area contributed by atoms with Crippen molar-refractivity contribution in [2.75, 3.05) is 31.6 Å². The SMILES string of the molecule is C=CCn1cc(C(=O)Nc2ccc(F)c(S(=O)(=O)N3CCOCC3)c2)c2ccccc21. The van der Waals surface area contributed by atoms with Gasteiger partial charge >= 0.3 is 0 Å². The van der Waals surface area contributed by atoms with Gasteiger partial charge in [0.15, 0.2) is 0 Å². The van der Waals surface area contributed by atoms with E-state index >= 15 is 0 Å². The van der Waals surface area contributed by atoms with Crippen LogP contribution < -0.4 is 5.32 Å². The van der Waals surface area contributed by atoms with Gasteiger partial charge < -0.3 is 14.6 Å². The second kappa shape index (κ2) is 8.62. The smallest absolute Gasteiger partial charge is 0.257 e. The van der Waals surface area contributed by atoms with Crippen LogP contribution in [0.5, 0.6) is 0 Å². The van der Waals surface area contributed by atoms with E-state index in [0.29, 0.717) is 12.1 Å². The molecule has 0 aliphatic carbocycles. The molecule has 0 saturated carbocycles. The third-order valence-electron chi connectivity index (χ3n) is 5.14. The lowest BCUT2D eigenvalue weighted by Crippen LogP contribution is -2.40. The van der Waals surface area contributed by atoms with Crippen molar-refractivity contribution in [1.29, 1.82) is 0 Å². The van der Waals surface area contributed by atoms with E-state index < -0.39 is 26.6 Å². The summed E-state index contributed by atoms with van der Waals surface area (Å²) in [6.07, 6.45) is 3.45. The maximum atomic E-state index is 14.4. The van der Waals surface area contributed by atoms with Crippen LogP contribution in [0.1, 0.15) is 10.4 Å². The predicted octanol–water partition coefficient (Wildman–Crippen LogP) is 3.24. The molecule has 1 fully saturated rings. The van der Waals surface area contributed by atoms with Gasteiger partial charge in [-0.1, -0.05) is 24.3 Å². The Morgan fingerprint density at radius 2 is 1.94 bits per heavy atom. The van der Waals surface area contributed by atoms with Crippen molar-refractivity contribution in [1.82, 2.24) is 8.87 Å². The third kappa shape index (κ3) is 4.12. The zero-order chi connectivity index (χ0) is 22.0. The first-order valence-electron chi connectivity index (χ1n) is 9.79. The van der Waals surface area contributed by atoms with Crippen LogP contribution in [0.25, 0.3) is 10.9 Å². The minimum atomic E-state index is -4.04. The number of aromatic nitrogens is 1. The number of rotatable bonds is 6. The number of morpholine rings is 1. The number of carbonyl (C=O) groups is 1. The Morgan fingerprint density at radius 3 is 2.68 bits per heavy atom. The quantitative estimate of drug-likeness (QED) is 0.593. The lowest BCUT2D eigenvalue weighted by Gasteiger charge is -2.26. The van der Waals surface area contributed by atoms with E-state index in [9.17, 15) is 17.6 Å². The van der Waals surface area contributed by atoms with Crippen LogP contribution in [0.15, 0.2) is 66.2 Å². The van der Waals surface area contributed by atoms with Gasteiger partial charge in [-0.15, -0.1) is 6.58 Å². The molecule has 31 heavy (non-hydrogen) atoms. The Balaban J connectivity index is 1.65. The van der Waals surface area contributed by atoms with Crippen molar-refractivity contribution in [3.8, 4) is 0 Å². The standard InChI is InChI=1S/C22H22FN3O4S/c1-2-9-25-15-18(17-5-3-4-6-20(17)25)22(27)24-16-7-8-19(23)21(14-16)31(28,29)26-10-12-30-13-11-26/h2-8,14-15H,1,9-13H2,(H,24,27). The molecule has 1 aromatic heterocycles. The van der Waals surface area contributed by atoms with Gasteiger partial charge in [-0.2, -0.15) is 4.31 Å². The summed E-state index contributed by atoms with van der Waals surface area (Å²) < 4.78 is 48.4. The summed E-state index contributed by atoms with van der Waals surface area (Å²) in [7, 11) is -4.04. The molecule has 0 radical (unpaired) electrons. The second-order valence-electron chi connectivity index (χ2n) is 7.12. The van der Waals surface area contributed by atoms with E-state index in [4.69, 9.17) is 4.74 Å². The number of halogens is 1. The van der Waals surface area contributed by atoms with Crippen LogP contribution in [0.3, 0.4) is 0 Å². The number of benzene rings is 2. The summed E-state index contributed by atoms with van der Waals surface area (Å²) in [6, 6.07) is 11.0. The second-order valence-corrected chi connectivity index (χ2v) is 9.02. The molecule has 162 valence electrons. The van der Waals surface area contributed by atoms with Crippen molar-refractivity contribution in [3.63, 3.8) is 0 Å². The van der Waals surface area contributed by atoms with E-state index in [1.165, 1.54) is 10.4 Å². The van der Waals surface area contributed by atoms with Gasteiger partial charge in [0.25, 0.3) is 5.91 Å². The molecule has 9 heteroatoms. The summed E-state index contributed by atoms with van der Waals surface area (Å²) >= 11 is 0. The van der Waals surface area contributed by atoms with E-state index in [1.807, 2.05) is 28.8 Å². The fourth-order valence-electron chi connectivity index (χ4n) is 3.62. The van der Waals surface area contributed by atoms with Gasteiger partial charge in [-0.25, -0.2) is 12.8 Å². The zero-order valence-electron chi connectivity index (χ0n) is 16.8. The van der Waals surface area contributed by atoms with E-state index in [0.717, 1.165) is 23.0 Å². The van der Waals surface area contributed by atoms with Crippen LogP contribution in [-0.4, -0.2) is 49.5 Å². The molecule has 0 spiro atoms. The average Bonchev–Trinajstić information content (AvgIpc) is 3.15.